The Hall–Kier alpha value is -1.13. The normalized spacial score (nSPS) is 19.4. The minimum atomic E-state index is -0.474. The number of allylic oxidation sites excluding steroid dienone is 1. The highest BCUT2D eigenvalue weighted by Crippen LogP contribution is 2.16. The van der Waals surface area contributed by atoms with Crippen LogP contribution in [0.5, 0.6) is 0 Å². The van der Waals surface area contributed by atoms with Crippen molar-refractivity contribution in [3.63, 3.8) is 0 Å². The molecule has 1 unspecified atom stereocenters. The van der Waals surface area contributed by atoms with E-state index >= 15 is 0 Å². The topological polar surface area (TPSA) is 44.8 Å². The highest BCUT2D eigenvalue weighted by molar-refractivity contribution is 5.82. The lowest BCUT2D eigenvalue weighted by Gasteiger charge is -2.23. The summed E-state index contributed by atoms with van der Waals surface area (Å²) in [5, 5.41) is 0. The molecule has 1 rings (SSSR count). The molecular weight excluding hydrogens is 316 g/mol. The first-order chi connectivity index (χ1) is 11.9. The zero-order chi connectivity index (χ0) is 18.5. The predicted octanol–water partition coefficient (Wildman–Crippen LogP) is 5.32. The van der Waals surface area contributed by atoms with Gasteiger partial charge in [-0.1, -0.05) is 32.3 Å². The van der Waals surface area contributed by atoms with Crippen LogP contribution in [0, 0.1) is 0 Å². The quantitative estimate of drug-likeness (QED) is 0.231. The summed E-state index contributed by atoms with van der Waals surface area (Å²) in [6.07, 6.45) is 14.5. The number of unbranched alkanes of at least 4 members (excludes halogenated alkanes) is 4. The van der Waals surface area contributed by atoms with Crippen LogP contribution in [-0.2, 0) is 19.0 Å². The minimum absolute atomic E-state index is 0.118. The average Bonchev–Trinajstić information content (AvgIpc) is 2.55. The number of carbonyl (C=O) groups excluding carboxylic acids is 1. The van der Waals surface area contributed by atoms with Gasteiger partial charge in [-0.15, -0.1) is 0 Å². The average molecular weight is 353 g/mol. The molecule has 1 heterocycles. The van der Waals surface area contributed by atoms with E-state index < -0.39 is 5.60 Å². The Morgan fingerprint density at radius 1 is 1.16 bits per heavy atom. The largest absolute Gasteiger partial charge is 0.457 e. The van der Waals surface area contributed by atoms with Gasteiger partial charge < -0.3 is 14.2 Å². The van der Waals surface area contributed by atoms with Crippen molar-refractivity contribution in [1.29, 1.82) is 0 Å². The van der Waals surface area contributed by atoms with Crippen molar-refractivity contribution < 1.29 is 19.0 Å². The maximum Gasteiger partial charge on any atom is 0.331 e. The fraction of sp³-hybridized carbons (Fsp3) is 0.762. The fourth-order valence-corrected chi connectivity index (χ4v) is 2.58. The van der Waals surface area contributed by atoms with Gasteiger partial charge in [-0.05, 0) is 64.5 Å². The van der Waals surface area contributed by atoms with Gasteiger partial charge in [0.1, 0.15) is 5.60 Å². The van der Waals surface area contributed by atoms with Crippen molar-refractivity contribution in [3.8, 4) is 0 Å². The predicted molar refractivity (Wildman–Crippen MR) is 101 cm³/mol. The molecule has 0 aromatic carbocycles. The van der Waals surface area contributed by atoms with E-state index in [0.29, 0.717) is 6.61 Å². The molecule has 1 aliphatic heterocycles. The molecule has 144 valence electrons. The van der Waals surface area contributed by atoms with Crippen LogP contribution in [0.3, 0.4) is 0 Å². The molecule has 25 heavy (non-hydrogen) atoms. The first-order valence-corrected chi connectivity index (χ1v) is 9.74. The van der Waals surface area contributed by atoms with E-state index in [1.54, 1.807) is 0 Å². The molecule has 0 spiro atoms. The van der Waals surface area contributed by atoms with Gasteiger partial charge in [0, 0.05) is 12.7 Å². The lowest BCUT2D eigenvalue weighted by atomic mass is 10.1. The third-order valence-electron chi connectivity index (χ3n) is 3.88. The Balaban J connectivity index is 2.53. The standard InChI is InChI=1S/C21H36O4/c1-5-6-7-8-9-12-18(14-15-19(22)25-21(2,3)4)17-24-20-13-10-11-16-23-20/h12,14-15,20H,5-11,13,16-17H2,1-4H3/b15-14-,18-12-. The number of rotatable bonds is 10. The van der Waals surface area contributed by atoms with Crippen LogP contribution in [0.2, 0.25) is 0 Å². The number of ether oxygens (including phenoxy) is 3. The van der Waals surface area contributed by atoms with Crippen LogP contribution in [-0.4, -0.2) is 31.1 Å². The minimum Gasteiger partial charge on any atom is -0.457 e. The zero-order valence-corrected chi connectivity index (χ0v) is 16.5. The summed E-state index contributed by atoms with van der Waals surface area (Å²) in [7, 11) is 0. The van der Waals surface area contributed by atoms with Gasteiger partial charge in [-0.3, -0.25) is 0 Å². The monoisotopic (exact) mass is 352 g/mol. The second-order valence-electron chi connectivity index (χ2n) is 7.60. The van der Waals surface area contributed by atoms with E-state index in [1.807, 2.05) is 26.8 Å². The number of carbonyl (C=O) groups is 1. The van der Waals surface area contributed by atoms with Crippen molar-refractivity contribution in [1.82, 2.24) is 0 Å². The van der Waals surface area contributed by atoms with Crippen LogP contribution in [0.15, 0.2) is 23.8 Å². The van der Waals surface area contributed by atoms with E-state index in [9.17, 15) is 4.79 Å². The van der Waals surface area contributed by atoms with Gasteiger partial charge in [-0.25, -0.2) is 4.79 Å². The van der Waals surface area contributed by atoms with Crippen molar-refractivity contribution >= 4 is 5.97 Å². The molecular formula is C21H36O4. The molecule has 4 nitrogen and oxygen atoms in total. The Labute approximate surface area is 153 Å². The van der Waals surface area contributed by atoms with Crippen LogP contribution in [0.25, 0.3) is 0 Å². The molecule has 1 atom stereocenters. The van der Waals surface area contributed by atoms with Crippen molar-refractivity contribution in [3.05, 3.63) is 23.8 Å². The van der Waals surface area contributed by atoms with E-state index in [1.165, 1.54) is 25.3 Å². The first-order valence-electron chi connectivity index (χ1n) is 9.74. The molecule has 1 fully saturated rings. The highest BCUT2D eigenvalue weighted by atomic mass is 16.7. The first kappa shape index (κ1) is 21.9. The van der Waals surface area contributed by atoms with E-state index in [-0.39, 0.29) is 12.3 Å². The Morgan fingerprint density at radius 2 is 1.96 bits per heavy atom. The summed E-state index contributed by atoms with van der Waals surface area (Å²) in [6.45, 7) is 9.06. The Kier molecular flexibility index (Phi) is 10.7. The Morgan fingerprint density at radius 3 is 2.60 bits per heavy atom. The number of hydrogen-bond donors (Lipinski definition) is 0. The van der Waals surface area contributed by atoms with Crippen molar-refractivity contribution in [2.24, 2.45) is 0 Å². The summed E-state index contributed by atoms with van der Waals surface area (Å²) in [4.78, 5) is 11.9. The van der Waals surface area contributed by atoms with Crippen LogP contribution in [0.4, 0.5) is 0 Å². The molecule has 1 aliphatic rings. The van der Waals surface area contributed by atoms with E-state index in [4.69, 9.17) is 14.2 Å². The van der Waals surface area contributed by atoms with Gasteiger partial charge in [0.2, 0.25) is 0 Å². The molecule has 0 N–H and O–H groups in total. The molecule has 0 aliphatic carbocycles. The third-order valence-corrected chi connectivity index (χ3v) is 3.88. The molecule has 0 amide bonds. The molecule has 0 saturated carbocycles. The SMILES string of the molecule is CCCCCC/C=C(/C=C\C(=O)OC(C)(C)C)COC1CCCCO1. The molecule has 0 radical (unpaired) electrons. The molecule has 0 aromatic rings. The van der Waals surface area contributed by atoms with Crippen LogP contribution >= 0.6 is 0 Å². The van der Waals surface area contributed by atoms with Gasteiger partial charge >= 0.3 is 5.97 Å². The van der Waals surface area contributed by atoms with Gasteiger partial charge in [0.05, 0.1) is 6.61 Å². The third kappa shape index (κ3) is 12.0. The maximum absolute atomic E-state index is 11.9. The van der Waals surface area contributed by atoms with Crippen LogP contribution < -0.4 is 0 Å². The highest BCUT2D eigenvalue weighted by Gasteiger charge is 2.15. The molecule has 4 heteroatoms. The molecule has 0 aromatic heterocycles. The van der Waals surface area contributed by atoms with Gasteiger partial charge in [0.15, 0.2) is 6.29 Å². The van der Waals surface area contributed by atoms with Crippen LogP contribution in [0.1, 0.15) is 79.1 Å². The summed E-state index contributed by atoms with van der Waals surface area (Å²) < 4.78 is 16.8. The number of hydrogen-bond acceptors (Lipinski definition) is 4. The maximum atomic E-state index is 11.9. The summed E-state index contributed by atoms with van der Waals surface area (Å²) in [6, 6.07) is 0. The van der Waals surface area contributed by atoms with E-state index in [2.05, 4.69) is 13.0 Å². The fourth-order valence-electron chi connectivity index (χ4n) is 2.58. The van der Waals surface area contributed by atoms with Gasteiger partial charge in [-0.2, -0.15) is 0 Å². The Bertz CT molecular complexity index is 426. The smallest absolute Gasteiger partial charge is 0.331 e. The molecule has 0 bridgehead atoms. The van der Waals surface area contributed by atoms with E-state index in [0.717, 1.165) is 44.3 Å². The van der Waals surface area contributed by atoms with Crippen molar-refractivity contribution in [2.75, 3.05) is 13.2 Å². The van der Waals surface area contributed by atoms with Crippen molar-refractivity contribution in [2.45, 2.75) is 91.0 Å². The lowest BCUT2D eigenvalue weighted by molar-refractivity contribution is -0.156. The summed E-state index contributed by atoms with van der Waals surface area (Å²) in [5.41, 5.74) is 0.536. The molecule has 1 saturated heterocycles. The lowest BCUT2D eigenvalue weighted by Crippen LogP contribution is -2.23. The zero-order valence-electron chi connectivity index (χ0n) is 16.5. The second kappa shape index (κ2) is 12.3. The summed E-state index contributed by atoms with van der Waals surface area (Å²) in [5.74, 6) is -0.321. The summed E-state index contributed by atoms with van der Waals surface area (Å²) >= 11 is 0. The second-order valence-corrected chi connectivity index (χ2v) is 7.60. The van der Waals surface area contributed by atoms with Gasteiger partial charge in [0.25, 0.3) is 0 Å². The number of esters is 1.